The molecular weight excluding hydrogens is 332 g/mol. The maximum Gasteiger partial charge on any atom is 0.264 e. The Morgan fingerprint density at radius 2 is 1.00 bits per heavy atom. The van der Waals surface area contributed by atoms with E-state index in [1.165, 1.54) is 0 Å². The van der Waals surface area contributed by atoms with Crippen molar-refractivity contribution >= 4 is 10.1 Å². The van der Waals surface area contributed by atoms with E-state index in [2.05, 4.69) is 4.18 Å². The third-order valence-corrected chi connectivity index (χ3v) is 3.58. The van der Waals surface area contributed by atoms with Gasteiger partial charge in [-0.15, -0.1) is 0 Å². The molecule has 24 heavy (non-hydrogen) atoms. The molecule has 0 saturated heterocycles. The van der Waals surface area contributed by atoms with Crippen LogP contribution in [0.1, 0.15) is 22.3 Å². The summed E-state index contributed by atoms with van der Waals surface area (Å²) in [7, 11) is -3.39. The molecule has 0 heterocycles. The van der Waals surface area contributed by atoms with Crippen LogP contribution in [0.25, 0.3) is 0 Å². The van der Waals surface area contributed by atoms with Gasteiger partial charge in [0.15, 0.2) is 0 Å². The predicted octanol–water partition coefficient (Wildman–Crippen LogP) is 1.33. The van der Waals surface area contributed by atoms with Gasteiger partial charge in [0.1, 0.15) is 0 Å². The molecular formula is C17H22O6S. The first kappa shape index (κ1) is 20.3. The van der Waals surface area contributed by atoms with E-state index < -0.39 is 10.1 Å². The molecule has 0 aliphatic carbocycles. The summed E-state index contributed by atoms with van der Waals surface area (Å²) in [6.45, 7) is 0.134. The lowest BCUT2D eigenvalue weighted by atomic mass is 10.1. The van der Waals surface area contributed by atoms with Crippen LogP contribution in [-0.4, -0.2) is 30.0 Å². The van der Waals surface area contributed by atoms with Crippen LogP contribution in [0, 0.1) is 0 Å². The molecule has 6 nitrogen and oxygen atoms in total. The summed E-state index contributed by atoms with van der Waals surface area (Å²) in [5.74, 6) is 0. The normalized spacial score (nSPS) is 10.8. The molecule has 0 fully saturated rings. The minimum Gasteiger partial charge on any atom is -0.392 e. The minimum absolute atomic E-state index is 0.0206. The Morgan fingerprint density at radius 1 is 0.708 bits per heavy atom. The molecule has 2 rings (SSSR count). The highest BCUT2D eigenvalue weighted by Gasteiger charge is 2.02. The summed E-state index contributed by atoms with van der Waals surface area (Å²) >= 11 is 0. The maximum absolute atomic E-state index is 10.7. The molecule has 7 heteroatoms. The van der Waals surface area contributed by atoms with Gasteiger partial charge in [-0.3, -0.25) is 4.18 Å². The molecule has 0 aliphatic heterocycles. The Morgan fingerprint density at radius 3 is 1.25 bits per heavy atom. The van der Waals surface area contributed by atoms with Gasteiger partial charge >= 0.3 is 0 Å². The number of aliphatic hydroxyl groups excluding tert-OH is 3. The van der Waals surface area contributed by atoms with Gasteiger partial charge < -0.3 is 15.3 Å². The summed E-state index contributed by atoms with van der Waals surface area (Å²) in [4.78, 5) is 0. The van der Waals surface area contributed by atoms with Crippen molar-refractivity contribution in [2.45, 2.75) is 26.4 Å². The number of hydrogen-bond donors (Lipinski definition) is 3. The van der Waals surface area contributed by atoms with Crippen LogP contribution in [0.5, 0.6) is 0 Å². The van der Waals surface area contributed by atoms with E-state index in [9.17, 15) is 8.42 Å². The second kappa shape index (κ2) is 10.2. The van der Waals surface area contributed by atoms with Gasteiger partial charge in [0, 0.05) is 0 Å². The van der Waals surface area contributed by atoms with Crippen LogP contribution < -0.4 is 0 Å². The highest BCUT2D eigenvalue weighted by atomic mass is 32.2. The highest BCUT2D eigenvalue weighted by Crippen LogP contribution is 2.06. The van der Waals surface area contributed by atoms with Gasteiger partial charge in [-0.1, -0.05) is 48.5 Å². The molecule has 0 aliphatic rings. The van der Waals surface area contributed by atoms with Crippen LogP contribution in [0.2, 0.25) is 0 Å². The number of rotatable bonds is 6. The van der Waals surface area contributed by atoms with Crippen LogP contribution in [0.4, 0.5) is 0 Å². The van der Waals surface area contributed by atoms with E-state index in [0.29, 0.717) is 0 Å². The zero-order valence-electron chi connectivity index (χ0n) is 13.4. The summed E-state index contributed by atoms with van der Waals surface area (Å²) < 4.78 is 25.9. The lowest BCUT2D eigenvalue weighted by molar-refractivity contribution is 0.278. The maximum atomic E-state index is 10.7. The van der Waals surface area contributed by atoms with Crippen molar-refractivity contribution in [2.24, 2.45) is 0 Å². The Hall–Kier alpha value is -1.77. The van der Waals surface area contributed by atoms with Gasteiger partial charge in [-0.05, 0) is 22.3 Å². The predicted molar refractivity (Wildman–Crippen MR) is 90.3 cm³/mol. The highest BCUT2D eigenvalue weighted by molar-refractivity contribution is 7.85. The molecule has 2 aromatic carbocycles. The van der Waals surface area contributed by atoms with Crippen molar-refractivity contribution in [1.82, 2.24) is 0 Å². The minimum atomic E-state index is -3.39. The Bertz CT molecular complexity index is 670. The third-order valence-electron chi connectivity index (χ3n) is 3.03. The zero-order chi connectivity index (χ0) is 18.0. The molecule has 0 radical (unpaired) electrons. The second-order valence-electron chi connectivity index (χ2n) is 5.07. The topological polar surface area (TPSA) is 104 Å². The van der Waals surface area contributed by atoms with Crippen LogP contribution >= 0.6 is 0 Å². The first-order valence-corrected chi connectivity index (χ1v) is 9.02. The fourth-order valence-electron chi connectivity index (χ4n) is 1.67. The first-order valence-electron chi connectivity index (χ1n) is 7.20. The Kier molecular flexibility index (Phi) is 8.59. The first-order chi connectivity index (χ1) is 11.4. The summed E-state index contributed by atoms with van der Waals surface area (Å²) in [5.41, 5.74) is 3.29. The number of hydrogen-bond acceptors (Lipinski definition) is 6. The molecule has 3 N–H and O–H groups in total. The molecule has 0 amide bonds. The van der Waals surface area contributed by atoms with E-state index in [-0.39, 0.29) is 26.4 Å². The quantitative estimate of drug-likeness (QED) is 0.676. The largest absolute Gasteiger partial charge is 0.392 e. The van der Waals surface area contributed by atoms with Crippen molar-refractivity contribution in [2.75, 3.05) is 6.26 Å². The van der Waals surface area contributed by atoms with Gasteiger partial charge in [0.05, 0.1) is 32.7 Å². The molecule has 0 saturated carbocycles. The number of benzene rings is 2. The SMILES string of the molecule is CS(=O)(=O)OCc1ccc(CO)cc1.OCc1ccc(CO)cc1. The van der Waals surface area contributed by atoms with Gasteiger partial charge in [0.25, 0.3) is 10.1 Å². The van der Waals surface area contributed by atoms with Crippen LogP contribution in [-0.2, 0) is 40.7 Å². The fraction of sp³-hybridized carbons (Fsp3) is 0.294. The van der Waals surface area contributed by atoms with E-state index in [1.807, 2.05) is 0 Å². The zero-order valence-corrected chi connectivity index (χ0v) is 14.2. The van der Waals surface area contributed by atoms with E-state index in [0.717, 1.165) is 28.5 Å². The van der Waals surface area contributed by atoms with E-state index in [4.69, 9.17) is 15.3 Å². The van der Waals surface area contributed by atoms with Crippen molar-refractivity contribution in [3.05, 3.63) is 70.8 Å². The molecule has 0 bridgehead atoms. The summed E-state index contributed by atoms with van der Waals surface area (Å²) in [5, 5.41) is 26.0. The van der Waals surface area contributed by atoms with Gasteiger partial charge in [-0.2, -0.15) is 8.42 Å². The summed E-state index contributed by atoms with van der Waals surface area (Å²) in [6.07, 6.45) is 1.01. The van der Waals surface area contributed by atoms with E-state index in [1.54, 1.807) is 48.5 Å². The molecule has 0 atom stereocenters. The lowest BCUT2D eigenvalue weighted by Crippen LogP contribution is -2.02. The molecule has 0 unspecified atom stereocenters. The smallest absolute Gasteiger partial charge is 0.264 e. The average molecular weight is 354 g/mol. The van der Waals surface area contributed by atoms with Gasteiger partial charge in [0.2, 0.25) is 0 Å². The Balaban J connectivity index is 0.000000254. The standard InChI is InChI=1S/C9H12O4S.C8H10O2/c1-14(11,12)13-7-9-4-2-8(6-10)3-5-9;9-5-7-1-2-8(6-10)4-3-7/h2-5,10H,6-7H2,1H3;1-4,9-10H,5-6H2. The van der Waals surface area contributed by atoms with Crippen molar-refractivity contribution in [3.63, 3.8) is 0 Å². The van der Waals surface area contributed by atoms with E-state index >= 15 is 0 Å². The molecule has 2 aromatic rings. The van der Waals surface area contributed by atoms with Crippen molar-refractivity contribution < 1.29 is 27.9 Å². The van der Waals surface area contributed by atoms with Gasteiger partial charge in [-0.25, -0.2) is 0 Å². The third kappa shape index (κ3) is 8.19. The molecule has 132 valence electrons. The molecule has 0 spiro atoms. The molecule has 0 aromatic heterocycles. The van der Waals surface area contributed by atoms with Crippen LogP contribution in [0.3, 0.4) is 0 Å². The summed E-state index contributed by atoms with van der Waals surface area (Å²) in [6, 6.07) is 14.1. The Labute approximate surface area is 142 Å². The average Bonchev–Trinajstić information content (AvgIpc) is 2.60. The van der Waals surface area contributed by atoms with Crippen molar-refractivity contribution in [3.8, 4) is 0 Å². The lowest BCUT2D eigenvalue weighted by Gasteiger charge is -2.02. The number of aliphatic hydroxyl groups is 3. The van der Waals surface area contributed by atoms with Crippen molar-refractivity contribution in [1.29, 1.82) is 0 Å². The van der Waals surface area contributed by atoms with Crippen LogP contribution in [0.15, 0.2) is 48.5 Å². The monoisotopic (exact) mass is 354 g/mol. The second-order valence-corrected chi connectivity index (χ2v) is 6.72. The fourth-order valence-corrected chi connectivity index (χ4v) is 2.02.